The topological polar surface area (TPSA) is 82.9 Å². The molecule has 2 aromatic carbocycles. The van der Waals surface area contributed by atoms with Crippen LogP contribution in [0.3, 0.4) is 0 Å². The van der Waals surface area contributed by atoms with Gasteiger partial charge in [0.2, 0.25) is 11.8 Å². The number of hydrogen-bond acceptors (Lipinski definition) is 5. The standard InChI is InChI=1S/C19H16F2N4O2S/c1-11(12-2-4-13(20)5-3-12)24-25-19-23-18(27)16(28-19)10-17(26)22-15-8-6-14(21)7-9-15/h2-9,16H,10H2,1H3,(H,22,26)(H,23,25,27)/b24-11-. The van der Waals surface area contributed by atoms with E-state index in [9.17, 15) is 18.4 Å². The number of carbonyl (C=O) groups excluding carboxylic acids is 2. The lowest BCUT2D eigenvalue weighted by atomic mass is 10.1. The second-order valence-electron chi connectivity index (χ2n) is 5.95. The number of rotatable bonds is 5. The Balaban J connectivity index is 1.58. The summed E-state index contributed by atoms with van der Waals surface area (Å²) in [5, 5.41) is 12.9. The van der Waals surface area contributed by atoms with Gasteiger partial charge in [-0.25, -0.2) is 8.78 Å². The second kappa shape index (κ2) is 8.75. The lowest BCUT2D eigenvalue weighted by Crippen LogP contribution is -2.28. The van der Waals surface area contributed by atoms with Gasteiger partial charge in [-0.1, -0.05) is 23.9 Å². The first-order valence-corrected chi connectivity index (χ1v) is 9.20. The van der Waals surface area contributed by atoms with Crippen molar-refractivity contribution in [1.29, 1.82) is 0 Å². The van der Waals surface area contributed by atoms with Crippen LogP contribution in [0.4, 0.5) is 14.5 Å². The Labute approximate surface area is 164 Å². The molecule has 0 radical (unpaired) electrons. The molecule has 144 valence electrons. The SMILES string of the molecule is C/C(=N/N=C1\NC(=O)C(CC(=O)Nc2ccc(F)cc2)S1)c1ccc(F)cc1. The van der Waals surface area contributed by atoms with Crippen molar-refractivity contribution >= 4 is 40.1 Å². The second-order valence-corrected chi connectivity index (χ2v) is 7.14. The van der Waals surface area contributed by atoms with Gasteiger partial charge in [-0.3, -0.25) is 9.59 Å². The minimum atomic E-state index is -0.638. The molecule has 0 aliphatic carbocycles. The van der Waals surface area contributed by atoms with Gasteiger partial charge in [-0.2, -0.15) is 5.10 Å². The van der Waals surface area contributed by atoms with Crippen LogP contribution < -0.4 is 10.6 Å². The van der Waals surface area contributed by atoms with Gasteiger partial charge in [0.05, 0.1) is 5.71 Å². The molecule has 2 aromatic rings. The maximum atomic E-state index is 13.0. The van der Waals surface area contributed by atoms with Crippen LogP contribution in [0.5, 0.6) is 0 Å². The number of halogens is 2. The molecular weight excluding hydrogens is 386 g/mol. The van der Waals surface area contributed by atoms with Crippen LogP contribution in [0, 0.1) is 11.6 Å². The van der Waals surface area contributed by atoms with Crippen molar-refractivity contribution in [2.75, 3.05) is 5.32 Å². The number of thioether (sulfide) groups is 1. The molecule has 2 N–H and O–H groups in total. The first-order chi connectivity index (χ1) is 13.4. The maximum absolute atomic E-state index is 13.0. The summed E-state index contributed by atoms with van der Waals surface area (Å²) in [5.74, 6) is -1.46. The summed E-state index contributed by atoms with van der Waals surface area (Å²) in [5.41, 5.74) is 1.71. The van der Waals surface area contributed by atoms with Gasteiger partial charge < -0.3 is 10.6 Å². The highest BCUT2D eigenvalue weighted by molar-refractivity contribution is 8.15. The van der Waals surface area contributed by atoms with Crippen LogP contribution in [-0.4, -0.2) is 27.9 Å². The quantitative estimate of drug-likeness (QED) is 0.595. The minimum absolute atomic E-state index is 0.0619. The lowest BCUT2D eigenvalue weighted by Gasteiger charge is -2.07. The van der Waals surface area contributed by atoms with E-state index < -0.39 is 11.1 Å². The molecule has 1 saturated heterocycles. The predicted molar refractivity (Wildman–Crippen MR) is 105 cm³/mol. The van der Waals surface area contributed by atoms with E-state index in [2.05, 4.69) is 20.8 Å². The number of hydrogen-bond donors (Lipinski definition) is 2. The van der Waals surface area contributed by atoms with E-state index in [1.807, 2.05) is 0 Å². The zero-order valence-electron chi connectivity index (χ0n) is 14.8. The first kappa shape index (κ1) is 19.7. The largest absolute Gasteiger partial charge is 0.326 e. The Kier molecular flexibility index (Phi) is 6.15. The summed E-state index contributed by atoms with van der Waals surface area (Å²) in [6.07, 6.45) is -0.0619. The lowest BCUT2D eigenvalue weighted by molar-refractivity contribution is -0.122. The average Bonchev–Trinajstić information content (AvgIpc) is 3.01. The van der Waals surface area contributed by atoms with Crippen LogP contribution in [0.2, 0.25) is 0 Å². The normalized spacial score (nSPS) is 18.2. The molecule has 1 fully saturated rings. The molecule has 0 saturated carbocycles. The monoisotopic (exact) mass is 402 g/mol. The highest BCUT2D eigenvalue weighted by Crippen LogP contribution is 2.23. The summed E-state index contributed by atoms with van der Waals surface area (Å²) < 4.78 is 25.9. The molecule has 1 heterocycles. The van der Waals surface area contributed by atoms with Gasteiger partial charge >= 0.3 is 0 Å². The van der Waals surface area contributed by atoms with Gasteiger partial charge in [-0.15, -0.1) is 5.10 Å². The predicted octanol–water partition coefficient (Wildman–Crippen LogP) is 3.31. The molecule has 2 amide bonds. The third-order valence-corrected chi connectivity index (χ3v) is 4.90. The number of amidine groups is 1. The van der Waals surface area contributed by atoms with Crippen molar-refractivity contribution < 1.29 is 18.4 Å². The Morgan fingerprint density at radius 1 is 1.11 bits per heavy atom. The summed E-state index contributed by atoms with van der Waals surface area (Å²) in [6, 6.07) is 11.2. The van der Waals surface area contributed by atoms with Crippen LogP contribution in [0.1, 0.15) is 18.9 Å². The molecule has 1 aliphatic rings. The van der Waals surface area contributed by atoms with E-state index in [-0.39, 0.29) is 29.2 Å². The summed E-state index contributed by atoms with van der Waals surface area (Å²) >= 11 is 1.10. The summed E-state index contributed by atoms with van der Waals surface area (Å²) in [7, 11) is 0. The number of anilines is 1. The molecule has 0 aromatic heterocycles. The van der Waals surface area contributed by atoms with Gasteiger partial charge in [0.25, 0.3) is 0 Å². The van der Waals surface area contributed by atoms with E-state index in [1.54, 1.807) is 19.1 Å². The maximum Gasteiger partial charge on any atom is 0.240 e. The van der Waals surface area contributed by atoms with Crippen molar-refractivity contribution in [3.8, 4) is 0 Å². The number of nitrogens with one attached hydrogen (secondary N) is 2. The van der Waals surface area contributed by atoms with Crippen molar-refractivity contribution in [1.82, 2.24) is 5.32 Å². The number of carbonyl (C=O) groups is 2. The Morgan fingerprint density at radius 3 is 2.36 bits per heavy atom. The van der Waals surface area contributed by atoms with Crippen LogP contribution in [0.25, 0.3) is 0 Å². The highest BCUT2D eigenvalue weighted by Gasteiger charge is 2.32. The Morgan fingerprint density at radius 2 is 1.71 bits per heavy atom. The van der Waals surface area contributed by atoms with E-state index >= 15 is 0 Å². The molecule has 6 nitrogen and oxygen atoms in total. The van der Waals surface area contributed by atoms with Crippen LogP contribution in [0.15, 0.2) is 58.7 Å². The fourth-order valence-electron chi connectivity index (χ4n) is 2.37. The van der Waals surface area contributed by atoms with Gasteiger partial charge in [0, 0.05) is 12.1 Å². The average molecular weight is 402 g/mol. The Bertz CT molecular complexity index is 943. The number of benzene rings is 2. The number of amides is 2. The molecule has 1 unspecified atom stereocenters. The van der Waals surface area contributed by atoms with E-state index in [4.69, 9.17) is 0 Å². The molecule has 9 heteroatoms. The zero-order chi connectivity index (χ0) is 20.1. The molecule has 1 atom stereocenters. The molecule has 1 aliphatic heterocycles. The number of nitrogens with zero attached hydrogens (tertiary/aromatic N) is 2. The van der Waals surface area contributed by atoms with Crippen LogP contribution >= 0.6 is 11.8 Å². The fourth-order valence-corrected chi connectivity index (χ4v) is 3.29. The van der Waals surface area contributed by atoms with Crippen molar-refractivity contribution in [2.24, 2.45) is 10.2 Å². The van der Waals surface area contributed by atoms with Gasteiger partial charge in [0.15, 0.2) is 5.17 Å². The first-order valence-electron chi connectivity index (χ1n) is 8.32. The molecule has 28 heavy (non-hydrogen) atoms. The molecule has 0 spiro atoms. The molecule has 3 rings (SSSR count). The van der Waals surface area contributed by atoms with Gasteiger partial charge in [0.1, 0.15) is 16.9 Å². The van der Waals surface area contributed by atoms with E-state index in [0.717, 1.165) is 11.8 Å². The summed E-state index contributed by atoms with van der Waals surface area (Å²) in [6.45, 7) is 1.71. The smallest absolute Gasteiger partial charge is 0.240 e. The molecular formula is C19H16F2N4O2S. The van der Waals surface area contributed by atoms with E-state index in [0.29, 0.717) is 17.0 Å². The zero-order valence-corrected chi connectivity index (χ0v) is 15.6. The van der Waals surface area contributed by atoms with Crippen molar-refractivity contribution in [2.45, 2.75) is 18.6 Å². The van der Waals surface area contributed by atoms with Crippen molar-refractivity contribution in [3.63, 3.8) is 0 Å². The third kappa shape index (κ3) is 5.23. The third-order valence-electron chi connectivity index (χ3n) is 3.83. The van der Waals surface area contributed by atoms with Gasteiger partial charge in [-0.05, 0) is 48.9 Å². The Hall–Kier alpha value is -3.07. The highest BCUT2D eigenvalue weighted by atomic mass is 32.2. The van der Waals surface area contributed by atoms with E-state index in [1.165, 1.54) is 36.4 Å². The van der Waals surface area contributed by atoms with Crippen molar-refractivity contribution in [3.05, 3.63) is 65.7 Å². The summed E-state index contributed by atoms with van der Waals surface area (Å²) in [4.78, 5) is 24.1. The molecule has 0 bridgehead atoms. The minimum Gasteiger partial charge on any atom is -0.326 e. The fraction of sp³-hybridized carbons (Fsp3) is 0.158. The van der Waals surface area contributed by atoms with Crippen LogP contribution in [-0.2, 0) is 9.59 Å².